The molecule has 1 aromatic carbocycles. The summed E-state index contributed by atoms with van der Waals surface area (Å²) < 4.78 is 0. The number of hydrogen-bond donors (Lipinski definition) is 0. The molecule has 0 unspecified atom stereocenters. The molecule has 2 fully saturated rings. The van der Waals surface area contributed by atoms with Crippen molar-refractivity contribution in [3.63, 3.8) is 0 Å². The molecule has 1 saturated heterocycles. The molecule has 0 N–H and O–H groups in total. The summed E-state index contributed by atoms with van der Waals surface area (Å²) >= 11 is 1.65. The number of thiazole rings is 1. The van der Waals surface area contributed by atoms with Crippen molar-refractivity contribution in [2.45, 2.75) is 25.3 Å². The zero-order valence-corrected chi connectivity index (χ0v) is 14.6. The lowest BCUT2D eigenvalue weighted by atomic mass is 10.1. The lowest BCUT2D eigenvalue weighted by Crippen LogP contribution is -2.36. The number of nitrogens with zero attached hydrogens (tertiary/aromatic N) is 3. The summed E-state index contributed by atoms with van der Waals surface area (Å²) in [5.74, 6) is 1.00. The first-order valence-electron chi connectivity index (χ1n) is 8.74. The summed E-state index contributed by atoms with van der Waals surface area (Å²) in [5, 5.41) is 2.11. The maximum atomic E-state index is 12.8. The summed E-state index contributed by atoms with van der Waals surface area (Å²) in [6.45, 7) is 4.65. The lowest BCUT2D eigenvalue weighted by molar-refractivity contribution is -0.132. The molecule has 0 spiro atoms. The molecule has 0 radical (unpaired) electrons. The largest absolute Gasteiger partial charge is 0.341 e. The van der Waals surface area contributed by atoms with E-state index in [1.165, 1.54) is 5.56 Å². The molecule has 2 aromatic rings. The van der Waals surface area contributed by atoms with E-state index in [-0.39, 0.29) is 5.92 Å². The number of rotatable bonds is 4. The minimum absolute atomic E-state index is 0.206. The summed E-state index contributed by atoms with van der Waals surface area (Å²) in [6.07, 6.45) is 2.07. The first-order chi connectivity index (χ1) is 11.8. The molecule has 1 aliphatic heterocycles. The van der Waals surface area contributed by atoms with Crippen molar-refractivity contribution in [3.05, 3.63) is 52.5 Å². The third-order valence-corrected chi connectivity index (χ3v) is 5.74. The van der Waals surface area contributed by atoms with Crippen LogP contribution >= 0.6 is 11.3 Å². The van der Waals surface area contributed by atoms with Gasteiger partial charge in [0.1, 0.15) is 0 Å². The van der Waals surface area contributed by atoms with E-state index in [0.717, 1.165) is 51.3 Å². The van der Waals surface area contributed by atoms with Crippen LogP contribution in [0.2, 0.25) is 0 Å². The summed E-state index contributed by atoms with van der Waals surface area (Å²) in [5.41, 5.74) is 4.35. The van der Waals surface area contributed by atoms with Gasteiger partial charge < -0.3 is 4.90 Å². The average molecular weight is 341 g/mol. The molecule has 24 heavy (non-hydrogen) atoms. The summed E-state index contributed by atoms with van der Waals surface area (Å²) in [6, 6.07) is 10.5. The number of carbonyl (C=O) groups excluding carboxylic acids is 1. The maximum Gasteiger partial charge on any atom is 0.226 e. The first-order valence-corrected chi connectivity index (χ1v) is 9.68. The predicted octanol–water partition coefficient (Wildman–Crippen LogP) is 2.98. The van der Waals surface area contributed by atoms with E-state index in [0.29, 0.717) is 11.8 Å². The van der Waals surface area contributed by atoms with E-state index in [1.54, 1.807) is 11.3 Å². The van der Waals surface area contributed by atoms with E-state index in [2.05, 4.69) is 44.4 Å². The summed E-state index contributed by atoms with van der Waals surface area (Å²) in [4.78, 5) is 21.7. The minimum atomic E-state index is 0.206. The predicted molar refractivity (Wildman–Crippen MR) is 95.9 cm³/mol. The van der Waals surface area contributed by atoms with Crippen LogP contribution in [0, 0.1) is 5.92 Å². The minimum Gasteiger partial charge on any atom is -0.341 e. The Morgan fingerprint density at radius 2 is 2.04 bits per heavy atom. The van der Waals surface area contributed by atoms with Crippen LogP contribution in [0.3, 0.4) is 0 Å². The van der Waals surface area contributed by atoms with Gasteiger partial charge in [0.05, 0.1) is 11.2 Å². The van der Waals surface area contributed by atoms with Crippen LogP contribution in [-0.4, -0.2) is 46.9 Å². The van der Waals surface area contributed by atoms with Gasteiger partial charge in [-0.05, 0) is 24.3 Å². The fourth-order valence-corrected chi connectivity index (χ4v) is 4.21. The highest BCUT2D eigenvalue weighted by Gasteiger charge is 2.45. The smallest absolute Gasteiger partial charge is 0.226 e. The van der Waals surface area contributed by atoms with Crippen LogP contribution in [-0.2, 0) is 11.3 Å². The number of carbonyl (C=O) groups is 1. The van der Waals surface area contributed by atoms with Crippen molar-refractivity contribution in [3.8, 4) is 0 Å². The Kier molecular flexibility index (Phi) is 4.63. The molecular formula is C19H23N3OS. The Bertz CT molecular complexity index is 673. The normalized spacial score (nSPS) is 24.6. The third-order valence-electron chi connectivity index (χ3n) is 5.10. The first kappa shape index (κ1) is 15.8. The lowest BCUT2D eigenvalue weighted by Gasteiger charge is -2.21. The van der Waals surface area contributed by atoms with Crippen LogP contribution in [0.15, 0.2) is 41.2 Å². The average Bonchev–Trinajstić information content (AvgIpc) is 3.32. The Balaban J connectivity index is 1.32. The number of aromatic nitrogens is 1. The highest BCUT2D eigenvalue weighted by Crippen LogP contribution is 2.48. The molecule has 126 valence electrons. The van der Waals surface area contributed by atoms with E-state index < -0.39 is 0 Å². The molecule has 1 saturated carbocycles. The third kappa shape index (κ3) is 3.52. The van der Waals surface area contributed by atoms with Gasteiger partial charge in [-0.25, -0.2) is 4.98 Å². The Morgan fingerprint density at radius 3 is 2.83 bits per heavy atom. The van der Waals surface area contributed by atoms with Crippen LogP contribution in [0.25, 0.3) is 0 Å². The van der Waals surface area contributed by atoms with E-state index in [4.69, 9.17) is 0 Å². The van der Waals surface area contributed by atoms with Crippen molar-refractivity contribution in [2.24, 2.45) is 5.92 Å². The van der Waals surface area contributed by atoms with Crippen LogP contribution < -0.4 is 0 Å². The summed E-state index contributed by atoms with van der Waals surface area (Å²) in [7, 11) is 0. The highest BCUT2D eigenvalue weighted by atomic mass is 32.1. The van der Waals surface area contributed by atoms with Crippen molar-refractivity contribution < 1.29 is 4.79 Å². The molecule has 4 rings (SSSR count). The number of hydrogen-bond acceptors (Lipinski definition) is 4. The highest BCUT2D eigenvalue weighted by molar-refractivity contribution is 7.07. The fourth-order valence-electron chi connectivity index (χ4n) is 3.67. The molecular weight excluding hydrogens is 318 g/mol. The van der Waals surface area contributed by atoms with Gasteiger partial charge in [0.25, 0.3) is 0 Å². The fraction of sp³-hybridized carbons (Fsp3) is 0.474. The Hall–Kier alpha value is -1.72. The molecule has 2 heterocycles. The molecule has 2 aliphatic rings. The van der Waals surface area contributed by atoms with E-state index in [9.17, 15) is 4.79 Å². The molecule has 0 bridgehead atoms. The van der Waals surface area contributed by atoms with Gasteiger partial charge in [-0.3, -0.25) is 9.69 Å². The van der Waals surface area contributed by atoms with Gasteiger partial charge in [-0.15, -0.1) is 11.3 Å². The van der Waals surface area contributed by atoms with Gasteiger partial charge in [-0.1, -0.05) is 30.3 Å². The second kappa shape index (κ2) is 7.03. The zero-order valence-electron chi connectivity index (χ0n) is 13.8. The van der Waals surface area contributed by atoms with Crippen molar-refractivity contribution in [1.82, 2.24) is 14.8 Å². The molecule has 4 nitrogen and oxygen atoms in total. The Morgan fingerprint density at radius 1 is 1.17 bits per heavy atom. The SMILES string of the molecule is O=C([C@@H]1C[C@H]1c1ccccc1)N1CCCN(Cc2cscn2)CC1. The van der Waals surface area contributed by atoms with Gasteiger partial charge >= 0.3 is 0 Å². The molecule has 1 aromatic heterocycles. The van der Waals surface area contributed by atoms with Crippen molar-refractivity contribution in [1.29, 1.82) is 0 Å². The van der Waals surface area contributed by atoms with Gasteiger partial charge in [0.15, 0.2) is 0 Å². The van der Waals surface area contributed by atoms with Crippen LogP contribution in [0.5, 0.6) is 0 Å². The molecule has 1 amide bonds. The van der Waals surface area contributed by atoms with E-state index >= 15 is 0 Å². The molecule has 5 heteroatoms. The van der Waals surface area contributed by atoms with E-state index in [1.807, 2.05) is 11.6 Å². The maximum absolute atomic E-state index is 12.8. The van der Waals surface area contributed by atoms with Gasteiger partial charge in [0, 0.05) is 44.0 Å². The molecule has 1 aliphatic carbocycles. The Labute approximate surface area is 147 Å². The quantitative estimate of drug-likeness (QED) is 0.858. The van der Waals surface area contributed by atoms with Gasteiger partial charge in [0.2, 0.25) is 5.91 Å². The number of benzene rings is 1. The van der Waals surface area contributed by atoms with Crippen LogP contribution in [0.1, 0.15) is 30.0 Å². The standard InChI is InChI=1S/C19H23N3OS/c23-19(18-11-17(18)15-5-2-1-3-6-15)22-8-4-7-21(9-10-22)12-16-13-24-14-20-16/h1-3,5-6,13-14,17-18H,4,7-12H2/t17-,18+/m0/s1. The van der Waals surface area contributed by atoms with Crippen molar-refractivity contribution >= 4 is 17.2 Å². The van der Waals surface area contributed by atoms with Gasteiger partial charge in [-0.2, -0.15) is 0 Å². The second-order valence-electron chi connectivity index (χ2n) is 6.79. The second-order valence-corrected chi connectivity index (χ2v) is 7.51. The number of amides is 1. The molecule has 2 atom stereocenters. The van der Waals surface area contributed by atoms with Crippen molar-refractivity contribution in [2.75, 3.05) is 26.2 Å². The zero-order chi connectivity index (χ0) is 16.4. The monoisotopic (exact) mass is 341 g/mol. The van der Waals surface area contributed by atoms with Crippen LogP contribution in [0.4, 0.5) is 0 Å². The topological polar surface area (TPSA) is 36.4 Å².